The van der Waals surface area contributed by atoms with E-state index in [1.165, 1.54) is 0 Å². The third kappa shape index (κ3) is 5.72. The van der Waals surface area contributed by atoms with Crippen molar-refractivity contribution in [2.45, 2.75) is 39.8 Å². The summed E-state index contributed by atoms with van der Waals surface area (Å²) in [5.74, 6) is -0.379. The van der Waals surface area contributed by atoms with E-state index in [1.54, 1.807) is 18.2 Å². The summed E-state index contributed by atoms with van der Waals surface area (Å²) in [6.07, 6.45) is 1.24. The summed E-state index contributed by atoms with van der Waals surface area (Å²) < 4.78 is 5.69. The van der Waals surface area contributed by atoms with Gasteiger partial charge in [-0.25, -0.2) is 4.79 Å². The molecule has 0 aliphatic carbocycles. The largest absolute Gasteiger partial charge is 0.478 e. The van der Waals surface area contributed by atoms with Gasteiger partial charge in [-0.05, 0) is 43.5 Å². The van der Waals surface area contributed by atoms with Crippen molar-refractivity contribution < 1.29 is 14.6 Å². The number of hydrogen-bond donors (Lipinski definition) is 2. The fourth-order valence-electron chi connectivity index (χ4n) is 2.11. The maximum atomic E-state index is 10.9. The summed E-state index contributed by atoms with van der Waals surface area (Å²) in [6, 6.07) is 7.02. The summed E-state index contributed by atoms with van der Waals surface area (Å²) in [5.41, 5.74) is 1.32. The maximum absolute atomic E-state index is 10.9. The third-order valence-corrected chi connectivity index (χ3v) is 3.23. The zero-order chi connectivity index (χ0) is 15.0. The number of benzene rings is 1. The van der Waals surface area contributed by atoms with Crippen LogP contribution in [0.2, 0.25) is 0 Å². The maximum Gasteiger partial charge on any atom is 0.335 e. The number of carbonyl (C=O) groups is 1. The average Bonchev–Trinajstić information content (AvgIpc) is 2.42. The van der Waals surface area contributed by atoms with Gasteiger partial charge in [-0.3, -0.25) is 0 Å². The Kier molecular flexibility index (Phi) is 7.26. The fourth-order valence-corrected chi connectivity index (χ4v) is 2.11. The average molecular weight is 279 g/mol. The standard InChI is InChI=1S/C16H25NO3/c1-4-20-15(12(2)3)8-9-17-11-13-6-5-7-14(10-13)16(18)19/h5-7,10,12,15,17H,4,8-9,11H2,1-3H3,(H,18,19). The Bertz CT molecular complexity index is 418. The van der Waals surface area contributed by atoms with Gasteiger partial charge in [0.1, 0.15) is 0 Å². The quantitative estimate of drug-likeness (QED) is 0.682. The van der Waals surface area contributed by atoms with E-state index in [9.17, 15) is 4.79 Å². The molecular formula is C16H25NO3. The van der Waals surface area contributed by atoms with Crippen molar-refractivity contribution in [1.82, 2.24) is 5.32 Å². The molecule has 0 saturated carbocycles. The van der Waals surface area contributed by atoms with E-state index in [0.717, 1.165) is 25.1 Å². The van der Waals surface area contributed by atoms with Crippen LogP contribution in [0.5, 0.6) is 0 Å². The van der Waals surface area contributed by atoms with Crippen molar-refractivity contribution in [3.63, 3.8) is 0 Å². The van der Waals surface area contributed by atoms with Gasteiger partial charge in [0.2, 0.25) is 0 Å². The first-order chi connectivity index (χ1) is 9.54. The molecule has 0 radical (unpaired) electrons. The van der Waals surface area contributed by atoms with E-state index in [-0.39, 0.29) is 6.10 Å². The van der Waals surface area contributed by atoms with Crippen molar-refractivity contribution in [2.24, 2.45) is 5.92 Å². The fraction of sp³-hybridized carbons (Fsp3) is 0.562. The zero-order valence-corrected chi connectivity index (χ0v) is 12.6. The van der Waals surface area contributed by atoms with Crippen molar-refractivity contribution in [3.8, 4) is 0 Å². The van der Waals surface area contributed by atoms with Gasteiger partial charge in [0.25, 0.3) is 0 Å². The highest BCUT2D eigenvalue weighted by Gasteiger charge is 2.12. The first-order valence-electron chi connectivity index (χ1n) is 7.19. The number of ether oxygens (including phenoxy) is 1. The van der Waals surface area contributed by atoms with E-state index in [4.69, 9.17) is 9.84 Å². The number of nitrogens with one attached hydrogen (secondary N) is 1. The number of rotatable bonds is 9. The van der Waals surface area contributed by atoms with E-state index in [1.807, 2.05) is 13.0 Å². The van der Waals surface area contributed by atoms with Crippen LogP contribution in [0.25, 0.3) is 0 Å². The summed E-state index contributed by atoms with van der Waals surface area (Å²) in [5, 5.41) is 12.3. The second-order valence-corrected chi connectivity index (χ2v) is 5.21. The first kappa shape index (κ1) is 16.7. The van der Waals surface area contributed by atoms with Crippen LogP contribution in [-0.4, -0.2) is 30.3 Å². The molecule has 0 aliphatic rings. The summed E-state index contributed by atoms with van der Waals surface area (Å²) in [4.78, 5) is 10.9. The van der Waals surface area contributed by atoms with E-state index < -0.39 is 5.97 Å². The first-order valence-corrected chi connectivity index (χ1v) is 7.19. The molecule has 112 valence electrons. The Morgan fingerprint density at radius 1 is 1.40 bits per heavy atom. The van der Waals surface area contributed by atoms with Gasteiger partial charge in [-0.15, -0.1) is 0 Å². The van der Waals surface area contributed by atoms with Crippen molar-refractivity contribution in [2.75, 3.05) is 13.2 Å². The molecule has 1 aromatic rings. The Labute approximate surface area is 121 Å². The molecule has 0 heterocycles. The molecule has 0 bridgehead atoms. The molecule has 0 fully saturated rings. The molecule has 1 rings (SSSR count). The van der Waals surface area contributed by atoms with Crippen molar-refractivity contribution >= 4 is 5.97 Å². The van der Waals surface area contributed by atoms with Crippen LogP contribution in [0.4, 0.5) is 0 Å². The van der Waals surface area contributed by atoms with Gasteiger partial charge in [0, 0.05) is 13.2 Å². The monoisotopic (exact) mass is 279 g/mol. The minimum atomic E-state index is -0.886. The summed E-state index contributed by atoms with van der Waals surface area (Å²) in [7, 11) is 0. The summed E-state index contributed by atoms with van der Waals surface area (Å²) in [6.45, 7) is 8.62. The predicted octanol–water partition coefficient (Wildman–Crippen LogP) is 2.93. The smallest absolute Gasteiger partial charge is 0.335 e. The van der Waals surface area contributed by atoms with Gasteiger partial charge in [0.05, 0.1) is 11.7 Å². The highest BCUT2D eigenvalue weighted by atomic mass is 16.5. The highest BCUT2D eigenvalue weighted by Crippen LogP contribution is 2.10. The Morgan fingerprint density at radius 3 is 2.75 bits per heavy atom. The SMILES string of the molecule is CCOC(CCNCc1cccc(C(=O)O)c1)C(C)C. The number of hydrogen-bond acceptors (Lipinski definition) is 3. The van der Waals surface area contributed by atoms with E-state index >= 15 is 0 Å². The van der Waals surface area contributed by atoms with Crippen LogP contribution in [-0.2, 0) is 11.3 Å². The number of aromatic carboxylic acids is 1. The van der Waals surface area contributed by atoms with Crippen LogP contribution in [0.15, 0.2) is 24.3 Å². The molecule has 0 spiro atoms. The number of carboxylic acid groups (broad SMARTS) is 1. The lowest BCUT2D eigenvalue weighted by molar-refractivity contribution is 0.0250. The Hall–Kier alpha value is -1.39. The molecule has 0 aliphatic heterocycles. The van der Waals surface area contributed by atoms with Gasteiger partial charge in [0.15, 0.2) is 0 Å². The minimum Gasteiger partial charge on any atom is -0.478 e. The normalized spacial score (nSPS) is 12.6. The lowest BCUT2D eigenvalue weighted by Gasteiger charge is -2.20. The van der Waals surface area contributed by atoms with Crippen molar-refractivity contribution in [1.29, 1.82) is 0 Å². The lowest BCUT2D eigenvalue weighted by atomic mass is 10.0. The topological polar surface area (TPSA) is 58.6 Å². The number of carboxylic acids is 1. The minimum absolute atomic E-state index is 0.276. The molecule has 4 nitrogen and oxygen atoms in total. The summed E-state index contributed by atoms with van der Waals surface area (Å²) >= 11 is 0. The van der Waals surface area contributed by atoms with E-state index in [0.29, 0.717) is 18.0 Å². The lowest BCUT2D eigenvalue weighted by Crippen LogP contribution is -2.26. The predicted molar refractivity (Wildman–Crippen MR) is 80.0 cm³/mol. The molecular weight excluding hydrogens is 254 g/mol. The Morgan fingerprint density at radius 2 is 2.15 bits per heavy atom. The molecule has 2 N–H and O–H groups in total. The van der Waals surface area contributed by atoms with Crippen LogP contribution in [0, 0.1) is 5.92 Å². The highest BCUT2D eigenvalue weighted by molar-refractivity contribution is 5.87. The van der Waals surface area contributed by atoms with Crippen LogP contribution < -0.4 is 5.32 Å². The third-order valence-electron chi connectivity index (χ3n) is 3.23. The Balaban J connectivity index is 2.37. The molecule has 1 aromatic carbocycles. The molecule has 1 unspecified atom stereocenters. The molecule has 20 heavy (non-hydrogen) atoms. The van der Waals surface area contributed by atoms with Crippen LogP contribution in [0.3, 0.4) is 0 Å². The van der Waals surface area contributed by atoms with Gasteiger partial charge in [-0.2, -0.15) is 0 Å². The molecule has 0 amide bonds. The molecule has 0 saturated heterocycles. The van der Waals surface area contributed by atoms with Crippen LogP contribution in [0.1, 0.15) is 43.1 Å². The second-order valence-electron chi connectivity index (χ2n) is 5.21. The van der Waals surface area contributed by atoms with E-state index in [2.05, 4.69) is 19.2 Å². The van der Waals surface area contributed by atoms with Gasteiger partial charge >= 0.3 is 5.97 Å². The van der Waals surface area contributed by atoms with Crippen LogP contribution >= 0.6 is 0 Å². The molecule has 4 heteroatoms. The van der Waals surface area contributed by atoms with Gasteiger partial charge in [-0.1, -0.05) is 26.0 Å². The van der Waals surface area contributed by atoms with Gasteiger partial charge < -0.3 is 15.2 Å². The molecule has 0 aromatic heterocycles. The zero-order valence-electron chi connectivity index (χ0n) is 12.6. The molecule has 1 atom stereocenters. The second kappa shape index (κ2) is 8.72. The van der Waals surface area contributed by atoms with Crippen molar-refractivity contribution in [3.05, 3.63) is 35.4 Å².